The summed E-state index contributed by atoms with van der Waals surface area (Å²) in [7, 11) is 1.92. The fraction of sp³-hybridized carbons (Fsp3) is 0.692. The molecule has 1 aliphatic heterocycles. The van der Waals surface area contributed by atoms with Gasteiger partial charge in [-0.05, 0) is 51.7 Å². The van der Waals surface area contributed by atoms with Gasteiger partial charge in [-0.2, -0.15) is 0 Å². The average molecular weight is 259 g/mol. The molecule has 0 saturated carbocycles. The summed E-state index contributed by atoms with van der Waals surface area (Å²) in [5.41, 5.74) is 5.40. The molecule has 1 saturated heterocycles. The molecule has 1 unspecified atom stereocenters. The van der Waals surface area contributed by atoms with Gasteiger partial charge in [0.2, 0.25) is 0 Å². The molecule has 0 aromatic carbocycles. The molecule has 4 heteroatoms. The number of nitrogens with one attached hydrogen (secondary N) is 1. The lowest BCUT2D eigenvalue weighted by Gasteiger charge is -2.35. The molecule has 0 aliphatic carbocycles. The topological polar surface area (TPSA) is 24.5 Å². The molecular formula is C13H23ClN2O. The smallest absolute Gasteiger partial charge is 0.143 e. The minimum absolute atomic E-state index is 0.133. The molecule has 0 radical (unpaired) electrons. The number of halogens is 1. The van der Waals surface area contributed by atoms with Crippen LogP contribution in [0.15, 0.2) is 22.4 Å². The highest BCUT2D eigenvalue weighted by molar-refractivity contribution is 6.29. The van der Waals surface area contributed by atoms with Crippen LogP contribution in [0.1, 0.15) is 40.0 Å². The van der Waals surface area contributed by atoms with E-state index in [1.807, 2.05) is 20.9 Å². The van der Waals surface area contributed by atoms with Crippen LogP contribution in [-0.2, 0) is 4.74 Å². The molecule has 0 bridgehead atoms. The van der Waals surface area contributed by atoms with E-state index in [1.54, 1.807) is 0 Å². The third kappa shape index (κ3) is 4.34. The Morgan fingerprint density at radius 1 is 1.35 bits per heavy atom. The van der Waals surface area contributed by atoms with Crippen LogP contribution in [0.5, 0.6) is 0 Å². The van der Waals surface area contributed by atoms with Crippen molar-refractivity contribution in [2.45, 2.75) is 46.3 Å². The van der Waals surface area contributed by atoms with E-state index < -0.39 is 0 Å². The minimum Gasteiger partial charge on any atom is -0.357 e. The predicted octanol–water partition coefficient (Wildman–Crippen LogP) is 3.39. The maximum Gasteiger partial charge on any atom is 0.143 e. The van der Waals surface area contributed by atoms with Crippen molar-refractivity contribution in [3.8, 4) is 0 Å². The predicted molar refractivity (Wildman–Crippen MR) is 72.5 cm³/mol. The number of hydrogen-bond acceptors (Lipinski definition) is 3. The maximum atomic E-state index is 5.97. The zero-order valence-electron chi connectivity index (χ0n) is 11.2. The highest BCUT2D eigenvalue weighted by Crippen LogP contribution is 2.20. The molecular weight excluding hydrogens is 236 g/mol. The first-order valence-electron chi connectivity index (χ1n) is 6.15. The molecule has 0 spiro atoms. The highest BCUT2D eigenvalue weighted by Gasteiger charge is 2.20. The van der Waals surface area contributed by atoms with Gasteiger partial charge in [-0.1, -0.05) is 11.6 Å². The molecule has 0 amide bonds. The number of hydrogen-bond donors (Lipinski definition) is 1. The van der Waals surface area contributed by atoms with Crippen LogP contribution in [0.25, 0.3) is 0 Å². The van der Waals surface area contributed by atoms with Crippen LogP contribution in [0, 0.1) is 0 Å². The Balaban J connectivity index is 2.75. The van der Waals surface area contributed by atoms with Gasteiger partial charge in [0.15, 0.2) is 0 Å². The van der Waals surface area contributed by atoms with Gasteiger partial charge in [-0.25, -0.2) is 5.43 Å². The van der Waals surface area contributed by atoms with Gasteiger partial charge in [-0.3, -0.25) is 5.01 Å². The van der Waals surface area contributed by atoms with Gasteiger partial charge in [-0.15, -0.1) is 0 Å². The van der Waals surface area contributed by atoms with E-state index in [2.05, 4.69) is 23.4 Å². The summed E-state index contributed by atoms with van der Waals surface area (Å²) in [6, 6.07) is 0. The molecule has 1 fully saturated rings. The fourth-order valence-electron chi connectivity index (χ4n) is 1.96. The second-order valence-electron chi connectivity index (χ2n) is 4.42. The van der Waals surface area contributed by atoms with Gasteiger partial charge in [0.05, 0.1) is 0 Å². The number of nitrogens with zero attached hydrogens (tertiary/aromatic N) is 1. The van der Waals surface area contributed by atoms with Crippen LogP contribution in [0.2, 0.25) is 0 Å². The largest absolute Gasteiger partial charge is 0.357 e. The summed E-state index contributed by atoms with van der Waals surface area (Å²) >= 11 is 5.97. The fourth-order valence-corrected chi connectivity index (χ4v) is 2.01. The molecule has 0 aromatic rings. The summed E-state index contributed by atoms with van der Waals surface area (Å²) in [6.07, 6.45) is 5.66. The van der Waals surface area contributed by atoms with Crippen molar-refractivity contribution in [1.82, 2.24) is 10.4 Å². The quantitative estimate of drug-likeness (QED) is 0.618. The molecule has 98 valence electrons. The molecule has 1 atom stereocenters. The Morgan fingerprint density at radius 3 is 2.53 bits per heavy atom. The first-order chi connectivity index (χ1) is 8.06. The standard InChI is InChI=1S/C13H23ClN2O/c1-10(12(3)14)9-11(2)16(15-4)13-7-5-6-8-17-13/h9,13,15H,5-8H2,1-4H3/b11-9+,12-10+. The Hall–Kier alpha value is -0.510. The summed E-state index contributed by atoms with van der Waals surface area (Å²) in [5, 5.41) is 2.90. The summed E-state index contributed by atoms with van der Waals surface area (Å²) in [6.45, 7) is 6.83. The Kier molecular flexibility index (Phi) is 6.03. The van der Waals surface area contributed by atoms with E-state index in [4.69, 9.17) is 16.3 Å². The third-order valence-corrected chi connectivity index (χ3v) is 3.33. The normalized spacial score (nSPS) is 23.4. The van der Waals surface area contributed by atoms with E-state index in [1.165, 1.54) is 6.42 Å². The zero-order valence-corrected chi connectivity index (χ0v) is 12.0. The number of ether oxygens (including phenoxy) is 1. The SMILES string of the molecule is CNN(/C(C)=C/C(C)=C(\C)Cl)C1CCCCO1. The van der Waals surface area contributed by atoms with E-state index in [0.717, 1.165) is 35.8 Å². The van der Waals surface area contributed by atoms with Gasteiger partial charge < -0.3 is 4.74 Å². The maximum absolute atomic E-state index is 5.97. The molecule has 1 N–H and O–H groups in total. The van der Waals surface area contributed by atoms with E-state index in [0.29, 0.717) is 0 Å². The lowest BCUT2D eigenvalue weighted by Crippen LogP contribution is -2.45. The van der Waals surface area contributed by atoms with Crippen LogP contribution in [-0.4, -0.2) is 24.9 Å². The van der Waals surface area contributed by atoms with Crippen LogP contribution in [0.3, 0.4) is 0 Å². The van der Waals surface area contributed by atoms with Crippen molar-refractivity contribution in [1.29, 1.82) is 0 Å². The van der Waals surface area contributed by atoms with Gasteiger partial charge in [0.25, 0.3) is 0 Å². The van der Waals surface area contributed by atoms with E-state index >= 15 is 0 Å². The van der Waals surface area contributed by atoms with Crippen molar-refractivity contribution in [3.05, 3.63) is 22.4 Å². The van der Waals surface area contributed by atoms with Crippen LogP contribution in [0.4, 0.5) is 0 Å². The molecule has 3 nitrogen and oxygen atoms in total. The summed E-state index contributed by atoms with van der Waals surface area (Å²) in [5.74, 6) is 0. The monoisotopic (exact) mass is 258 g/mol. The van der Waals surface area contributed by atoms with Crippen molar-refractivity contribution in [2.24, 2.45) is 0 Å². The minimum atomic E-state index is 0.133. The second-order valence-corrected chi connectivity index (χ2v) is 4.98. The first-order valence-corrected chi connectivity index (χ1v) is 6.53. The number of rotatable bonds is 4. The third-order valence-electron chi connectivity index (χ3n) is 3.03. The van der Waals surface area contributed by atoms with Gasteiger partial charge in [0.1, 0.15) is 6.23 Å². The lowest BCUT2D eigenvalue weighted by atomic mass is 10.1. The molecule has 1 aliphatic rings. The van der Waals surface area contributed by atoms with Gasteiger partial charge >= 0.3 is 0 Å². The van der Waals surface area contributed by atoms with E-state index in [-0.39, 0.29) is 6.23 Å². The van der Waals surface area contributed by atoms with Crippen molar-refractivity contribution in [2.75, 3.05) is 13.7 Å². The van der Waals surface area contributed by atoms with Gasteiger partial charge in [0, 0.05) is 24.4 Å². The zero-order chi connectivity index (χ0) is 12.8. The van der Waals surface area contributed by atoms with E-state index in [9.17, 15) is 0 Å². The van der Waals surface area contributed by atoms with Crippen molar-refractivity contribution < 1.29 is 4.74 Å². The molecule has 1 rings (SSSR count). The molecule has 17 heavy (non-hydrogen) atoms. The molecule has 1 heterocycles. The summed E-state index contributed by atoms with van der Waals surface area (Å²) < 4.78 is 5.77. The Morgan fingerprint density at radius 2 is 2.06 bits per heavy atom. The first kappa shape index (κ1) is 14.6. The Bertz CT molecular complexity index is 303. The van der Waals surface area contributed by atoms with Crippen LogP contribution < -0.4 is 5.43 Å². The second kappa shape index (κ2) is 7.04. The summed E-state index contributed by atoms with van der Waals surface area (Å²) in [4.78, 5) is 0. The average Bonchev–Trinajstić information content (AvgIpc) is 2.31. The van der Waals surface area contributed by atoms with Crippen molar-refractivity contribution in [3.63, 3.8) is 0 Å². The Labute approximate surface area is 109 Å². The number of hydrazine groups is 1. The van der Waals surface area contributed by atoms with Crippen LogP contribution >= 0.6 is 11.6 Å². The lowest BCUT2D eigenvalue weighted by molar-refractivity contribution is -0.0877. The molecule has 0 aromatic heterocycles. The number of allylic oxidation sites excluding steroid dienone is 4. The van der Waals surface area contributed by atoms with Crippen molar-refractivity contribution >= 4 is 11.6 Å². The highest BCUT2D eigenvalue weighted by atomic mass is 35.5.